The third-order valence-electron chi connectivity index (χ3n) is 4.73. The van der Waals surface area contributed by atoms with E-state index in [9.17, 15) is 19.2 Å². The molecule has 144 valence electrons. The maximum Gasteiger partial charge on any atom is 0.333 e. The van der Waals surface area contributed by atoms with E-state index in [1.165, 1.54) is 18.6 Å². The maximum absolute atomic E-state index is 12.1. The number of hydrogen-bond donors (Lipinski definition) is 2. The van der Waals surface area contributed by atoms with Crippen LogP contribution < -0.4 is 10.6 Å². The molecule has 1 saturated carbocycles. The highest BCUT2D eigenvalue weighted by Gasteiger charge is 2.38. The van der Waals surface area contributed by atoms with Crippen LogP contribution in [0.4, 0.5) is 4.79 Å². The first-order valence-corrected chi connectivity index (χ1v) is 9.29. The van der Waals surface area contributed by atoms with E-state index in [0.717, 1.165) is 25.7 Å². The number of nitrogens with zero attached hydrogens (tertiary/aromatic N) is 1. The molecule has 2 aliphatic rings. The van der Waals surface area contributed by atoms with Gasteiger partial charge in [-0.05, 0) is 31.4 Å². The van der Waals surface area contributed by atoms with Crippen molar-refractivity contribution in [2.24, 2.45) is 0 Å². The van der Waals surface area contributed by atoms with E-state index in [1.54, 1.807) is 12.1 Å². The van der Waals surface area contributed by atoms with Gasteiger partial charge in [0.25, 0.3) is 11.8 Å². The van der Waals surface area contributed by atoms with Gasteiger partial charge >= 0.3 is 12.0 Å². The van der Waals surface area contributed by atoms with E-state index in [0.29, 0.717) is 18.0 Å². The lowest BCUT2D eigenvalue weighted by atomic mass is 9.96. The van der Waals surface area contributed by atoms with E-state index in [1.807, 2.05) is 0 Å². The van der Waals surface area contributed by atoms with Crippen LogP contribution in [0.15, 0.2) is 24.3 Å². The largest absolute Gasteiger partial charge is 0.338 e. The van der Waals surface area contributed by atoms with Gasteiger partial charge in [-0.15, -0.1) is 0 Å². The first-order valence-electron chi connectivity index (χ1n) is 9.29. The van der Waals surface area contributed by atoms with E-state index in [-0.39, 0.29) is 29.6 Å². The van der Waals surface area contributed by atoms with Gasteiger partial charge in [0.1, 0.15) is 0 Å². The van der Waals surface area contributed by atoms with Crippen molar-refractivity contribution in [2.45, 2.75) is 51.0 Å². The fourth-order valence-electron chi connectivity index (χ4n) is 3.32. The molecule has 1 fully saturated rings. The van der Waals surface area contributed by atoms with Crippen LogP contribution in [-0.2, 0) is 9.63 Å². The molecule has 0 bridgehead atoms. The summed E-state index contributed by atoms with van der Waals surface area (Å²) in [6, 6.07) is 6.28. The zero-order valence-electron chi connectivity index (χ0n) is 15.0. The molecule has 27 heavy (non-hydrogen) atoms. The van der Waals surface area contributed by atoms with Crippen molar-refractivity contribution in [2.75, 3.05) is 6.54 Å². The minimum absolute atomic E-state index is 0.0168. The Morgan fingerprint density at radius 2 is 1.67 bits per heavy atom. The highest BCUT2D eigenvalue weighted by Crippen LogP contribution is 2.23. The number of carbonyl (C=O) groups excluding carboxylic acids is 4. The number of rotatable bonds is 6. The van der Waals surface area contributed by atoms with Gasteiger partial charge in [-0.1, -0.05) is 36.5 Å². The molecular formula is C19H23N3O5. The number of hydrogen-bond acceptors (Lipinski definition) is 5. The van der Waals surface area contributed by atoms with Gasteiger partial charge in [0.15, 0.2) is 0 Å². The number of carbonyl (C=O) groups is 4. The van der Waals surface area contributed by atoms with Gasteiger partial charge in [-0.3, -0.25) is 9.59 Å². The molecule has 0 radical (unpaired) electrons. The molecule has 0 spiro atoms. The minimum Gasteiger partial charge on any atom is -0.338 e. The Bertz CT molecular complexity index is 708. The van der Waals surface area contributed by atoms with Gasteiger partial charge < -0.3 is 15.5 Å². The molecule has 0 aromatic heterocycles. The third kappa shape index (κ3) is 4.64. The van der Waals surface area contributed by atoms with Gasteiger partial charge in [0.05, 0.1) is 11.1 Å². The molecule has 0 unspecified atom stereocenters. The first-order chi connectivity index (χ1) is 13.1. The summed E-state index contributed by atoms with van der Waals surface area (Å²) in [6.45, 7) is 0.301. The molecule has 1 aliphatic carbocycles. The van der Waals surface area contributed by atoms with E-state index in [4.69, 9.17) is 4.84 Å². The second kappa shape index (κ2) is 8.66. The summed E-state index contributed by atoms with van der Waals surface area (Å²) in [4.78, 5) is 52.9. The number of benzene rings is 1. The molecule has 1 aliphatic heterocycles. The summed E-state index contributed by atoms with van der Waals surface area (Å²) in [5.74, 6) is -1.98. The molecule has 0 saturated heterocycles. The van der Waals surface area contributed by atoms with Crippen LogP contribution in [0.1, 0.15) is 65.7 Å². The fraction of sp³-hybridized carbons (Fsp3) is 0.474. The standard InChI is InChI=1S/C19H23N3O5/c23-16(11-6-12-20-19(26)21-13-7-2-1-3-8-13)27-22-17(24)14-9-4-5-10-15(14)18(22)25/h4-5,9-10,13H,1-3,6-8,11-12H2,(H2,20,21,26). The lowest BCUT2D eigenvalue weighted by molar-refractivity contribution is -0.168. The molecular weight excluding hydrogens is 350 g/mol. The van der Waals surface area contributed by atoms with Crippen LogP contribution in [-0.4, -0.2) is 41.5 Å². The van der Waals surface area contributed by atoms with Crippen molar-refractivity contribution in [1.29, 1.82) is 0 Å². The van der Waals surface area contributed by atoms with E-state index in [2.05, 4.69) is 10.6 Å². The van der Waals surface area contributed by atoms with Crippen molar-refractivity contribution in [3.63, 3.8) is 0 Å². The molecule has 4 amide bonds. The quantitative estimate of drug-likeness (QED) is 0.587. The van der Waals surface area contributed by atoms with Crippen molar-refractivity contribution in [3.8, 4) is 0 Å². The Balaban J connectivity index is 1.36. The molecule has 3 rings (SSSR count). The molecule has 1 heterocycles. The summed E-state index contributed by atoms with van der Waals surface area (Å²) < 4.78 is 0. The number of fused-ring (bicyclic) bond motifs is 1. The monoisotopic (exact) mass is 373 g/mol. The zero-order chi connectivity index (χ0) is 19.2. The van der Waals surface area contributed by atoms with Crippen molar-refractivity contribution < 1.29 is 24.0 Å². The lowest BCUT2D eigenvalue weighted by Gasteiger charge is -2.22. The number of imide groups is 1. The fourth-order valence-corrected chi connectivity index (χ4v) is 3.32. The van der Waals surface area contributed by atoms with Crippen LogP contribution in [0.25, 0.3) is 0 Å². The second-order valence-electron chi connectivity index (χ2n) is 6.75. The Hall–Kier alpha value is -2.90. The highest BCUT2D eigenvalue weighted by atomic mass is 16.7. The molecule has 1 aromatic rings. The molecule has 2 N–H and O–H groups in total. The van der Waals surface area contributed by atoms with Crippen LogP contribution >= 0.6 is 0 Å². The average Bonchev–Trinajstić information content (AvgIpc) is 2.91. The zero-order valence-corrected chi connectivity index (χ0v) is 15.0. The van der Waals surface area contributed by atoms with Crippen LogP contribution in [0.3, 0.4) is 0 Å². The SMILES string of the molecule is O=C(NCCCC(=O)ON1C(=O)c2ccccc2C1=O)NC1CCCCC1. The van der Waals surface area contributed by atoms with E-state index >= 15 is 0 Å². The summed E-state index contributed by atoms with van der Waals surface area (Å²) in [5.41, 5.74) is 0.438. The van der Waals surface area contributed by atoms with E-state index < -0.39 is 17.8 Å². The van der Waals surface area contributed by atoms with Gasteiger partial charge in [0, 0.05) is 19.0 Å². The predicted molar refractivity (Wildman–Crippen MR) is 95.7 cm³/mol. The van der Waals surface area contributed by atoms with Crippen molar-refractivity contribution in [1.82, 2.24) is 15.7 Å². The number of amides is 4. The molecule has 0 atom stereocenters. The van der Waals surface area contributed by atoms with Gasteiger partial charge in [0.2, 0.25) is 0 Å². The molecule has 8 heteroatoms. The highest BCUT2D eigenvalue weighted by molar-refractivity contribution is 6.20. The maximum atomic E-state index is 12.1. The Morgan fingerprint density at radius 3 is 2.30 bits per heavy atom. The predicted octanol–water partition coefficient (Wildman–Crippen LogP) is 2.15. The van der Waals surface area contributed by atoms with Crippen LogP contribution in [0, 0.1) is 0 Å². The topological polar surface area (TPSA) is 105 Å². The molecule has 1 aromatic carbocycles. The lowest BCUT2D eigenvalue weighted by Crippen LogP contribution is -2.43. The van der Waals surface area contributed by atoms with Crippen molar-refractivity contribution >= 4 is 23.8 Å². The van der Waals surface area contributed by atoms with Crippen LogP contribution in [0.5, 0.6) is 0 Å². The summed E-state index contributed by atoms with van der Waals surface area (Å²) in [6.07, 6.45) is 5.81. The van der Waals surface area contributed by atoms with Gasteiger partial charge in [-0.25, -0.2) is 9.59 Å². The normalized spacial score (nSPS) is 16.8. The number of urea groups is 1. The second-order valence-corrected chi connectivity index (χ2v) is 6.75. The third-order valence-corrected chi connectivity index (χ3v) is 4.73. The summed E-state index contributed by atoms with van der Waals surface area (Å²) >= 11 is 0. The smallest absolute Gasteiger partial charge is 0.333 e. The number of hydroxylamine groups is 2. The van der Waals surface area contributed by atoms with Crippen molar-refractivity contribution in [3.05, 3.63) is 35.4 Å². The first kappa shape index (κ1) is 18.9. The minimum atomic E-state index is -0.695. The average molecular weight is 373 g/mol. The van der Waals surface area contributed by atoms with Crippen LogP contribution in [0.2, 0.25) is 0 Å². The Morgan fingerprint density at radius 1 is 1.04 bits per heavy atom. The van der Waals surface area contributed by atoms with Gasteiger partial charge in [-0.2, -0.15) is 0 Å². The summed E-state index contributed by atoms with van der Waals surface area (Å²) in [7, 11) is 0. The molecule has 8 nitrogen and oxygen atoms in total. The Kier molecular flexibility index (Phi) is 6.05. The Labute approximate surface area is 157 Å². The summed E-state index contributed by atoms with van der Waals surface area (Å²) in [5, 5.41) is 6.13. The number of nitrogens with one attached hydrogen (secondary N) is 2.